The second-order valence-corrected chi connectivity index (χ2v) is 5.44. The van der Waals surface area contributed by atoms with Crippen molar-refractivity contribution >= 4 is 23.2 Å². The molecule has 0 atom stereocenters. The summed E-state index contributed by atoms with van der Waals surface area (Å²) >= 11 is 11.8. The van der Waals surface area contributed by atoms with Crippen molar-refractivity contribution in [3.63, 3.8) is 0 Å². The second kappa shape index (κ2) is 8.63. The van der Waals surface area contributed by atoms with Crippen molar-refractivity contribution in [1.82, 2.24) is 5.32 Å². The van der Waals surface area contributed by atoms with Gasteiger partial charge in [-0.1, -0.05) is 37.0 Å². The number of rotatable bonds is 8. The highest BCUT2D eigenvalue weighted by molar-refractivity contribution is 6.35. The van der Waals surface area contributed by atoms with E-state index in [2.05, 4.69) is 19.2 Å². The van der Waals surface area contributed by atoms with Crippen molar-refractivity contribution < 1.29 is 4.74 Å². The highest BCUT2D eigenvalue weighted by Gasteiger charge is 2.01. The molecule has 1 aromatic rings. The van der Waals surface area contributed by atoms with E-state index in [-0.39, 0.29) is 0 Å². The fourth-order valence-electron chi connectivity index (χ4n) is 1.57. The predicted molar refractivity (Wildman–Crippen MR) is 78.9 cm³/mol. The number of hydrogen-bond acceptors (Lipinski definition) is 2. The molecule has 0 aromatic heterocycles. The fourth-order valence-corrected chi connectivity index (χ4v) is 2.03. The standard InChI is InChI=1S/C14H21Cl2NO/c1-11(2)17-8-4-3-5-9-18-14-7-6-12(15)10-13(14)16/h6-7,10-11,17H,3-5,8-9H2,1-2H3. The van der Waals surface area contributed by atoms with Gasteiger partial charge in [0.25, 0.3) is 0 Å². The van der Waals surface area contributed by atoms with Gasteiger partial charge in [-0.15, -0.1) is 0 Å². The van der Waals surface area contributed by atoms with Gasteiger partial charge in [-0.05, 0) is 44.0 Å². The van der Waals surface area contributed by atoms with Gasteiger partial charge in [0, 0.05) is 11.1 Å². The van der Waals surface area contributed by atoms with Crippen LogP contribution < -0.4 is 10.1 Å². The molecule has 102 valence electrons. The van der Waals surface area contributed by atoms with Crippen molar-refractivity contribution in [2.45, 2.75) is 39.2 Å². The molecular formula is C14H21Cl2NO. The van der Waals surface area contributed by atoms with Gasteiger partial charge in [-0.3, -0.25) is 0 Å². The van der Waals surface area contributed by atoms with Gasteiger partial charge < -0.3 is 10.1 Å². The Morgan fingerprint density at radius 3 is 2.61 bits per heavy atom. The zero-order valence-corrected chi connectivity index (χ0v) is 12.5. The highest BCUT2D eigenvalue weighted by Crippen LogP contribution is 2.27. The minimum atomic E-state index is 0.564. The van der Waals surface area contributed by atoms with Crippen LogP contribution in [0, 0.1) is 0 Å². The van der Waals surface area contributed by atoms with Crippen molar-refractivity contribution in [3.05, 3.63) is 28.2 Å². The van der Waals surface area contributed by atoms with Gasteiger partial charge in [0.1, 0.15) is 5.75 Å². The van der Waals surface area contributed by atoms with Crippen LogP contribution in [-0.4, -0.2) is 19.2 Å². The Morgan fingerprint density at radius 2 is 1.94 bits per heavy atom. The van der Waals surface area contributed by atoms with E-state index in [1.165, 1.54) is 6.42 Å². The zero-order valence-electron chi connectivity index (χ0n) is 11.0. The first-order valence-corrected chi connectivity index (χ1v) is 7.16. The SMILES string of the molecule is CC(C)NCCCCCOc1ccc(Cl)cc1Cl. The van der Waals surface area contributed by atoms with Crippen LogP contribution in [0.15, 0.2) is 18.2 Å². The molecule has 2 nitrogen and oxygen atoms in total. The lowest BCUT2D eigenvalue weighted by molar-refractivity contribution is 0.305. The van der Waals surface area contributed by atoms with Gasteiger partial charge in [0.15, 0.2) is 0 Å². The van der Waals surface area contributed by atoms with Crippen LogP contribution in [0.3, 0.4) is 0 Å². The molecule has 0 radical (unpaired) electrons. The molecule has 0 saturated heterocycles. The summed E-state index contributed by atoms with van der Waals surface area (Å²) in [7, 11) is 0. The summed E-state index contributed by atoms with van der Waals surface area (Å²) in [4.78, 5) is 0. The number of benzene rings is 1. The van der Waals surface area contributed by atoms with Crippen LogP contribution in [0.4, 0.5) is 0 Å². The van der Waals surface area contributed by atoms with E-state index in [9.17, 15) is 0 Å². The Balaban J connectivity index is 2.11. The van der Waals surface area contributed by atoms with E-state index in [4.69, 9.17) is 27.9 Å². The molecule has 0 aliphatic carbocycles. The van der Waals surface area contributed by atoms with Crippen molar-refractivity contribution in [2.75, 3.05) is 13.2 Å². The third-order valence-electron chi connectivity index (χ3n) is 2.53. The van der Waals surface area contributed by atoms with E-state index >= 15 is 0 Å². The Morgan fingerprint density at radius 1 is 1.17 bits per heavy atom. The molecule has 0 aliphatic heterocycles. The molecule has 0 fully saturated rings. The molecule has 0 heterocycles. The maximum atomic E-state index is 6.01. The monoisotopic (exact) mass is 289 g/mol. The van der Waals surface area contributed by atoms with E-state index in [0.717, 1.165) is 19.4 Å². The normalized spacial score (nSPS) is 10.9. The lowest BCUT2D eigenvalue weighted by atomic mass is 10.2. The second-order valence-electron chi connectivity index (χ2n) is 4.59. The van der Waals surface area contributed by atoms with Crippen LogP contribution in [0.25, 0.3) is 0 Å². The van der Waals surface area contributed by atoms with Gasteiger partial charge in [0.2, 0.25) is 0 Å². The summed E-state index contributed by atoms with van der Waals surface area (Å²) in [6.45, 7) is 6.08. The molecule has 0 amide bonds. The Kier molecular flexibility index (Phi) is 7.48. The van der Waals surface area contributed by atoms with Gasteiger partial charge >= 0.3 is 0 Å². The molecule has 0 unspecified atom stereocenters. The Labute approximate surface area is 120 Å². The summed E-state index contributed by atoms with van der Waals surface area (Å²) in [6, 6.07) is 5.86. The first kappa shape index (κ1) is 15.6. The number of halogens is 2. The summed E-state index contributed by atoms with van der Waals surface area (Å²) in [6.07, 6.45) is 3.37. The van der Waals surface area contributed by atoms with Crippen LogP contribution in [0.2, 0.25) is 10.0 Å². The number of nitrogens with one attached hydrogen (secondary N) is 1. The largest absolute Gasteiger partial charge is 0.492 e. The third-order valence-corrected chi connectivity index (χ3v) is 3.06. The van der Waals surface area contributed by atoms with E-state index in [0.29, 0.717) is 28.4 Å². The molecule has 0 spiro atoms. The lowest BCUT2D eigenvalue weighted by Crippen LogP contribution is -2.23. The Bertz CT molecular complexity index is 356. The minimum Gasteiger partial charge on any atom is -0.492 e. The molecule has 18 heavy (non-hydrogen) atoms. The molecule has 1 rings (SSSR count). The van der Waals surface area contributed by atoms with Crippen molar-refractivity contribution in [1.29, 1.82) is 0 Å². The average molecular weight is 290 g/mol. The smallest absolute Gasteiger partial charge is 0.137 e. The lowest BCUT2D eigenvalue weighted by Gasteiger charge is -2.09. The van der Waals surface area contributed by atoms with Gasteiger partial charge in [-0.2, -0.15) is 0 Å². The maximum Gasteiger partial charge on any atom is 0.137 e. The first-order chi connectivity index (χ1) is 8.59. The van der Waals surface area contributed by atoms with Crippen LogP contribution in [0.5, 0.6) is 5.75 Å². The maximum absolute atomic E-state index is 6.01. The molecule has 1 aromatic carbocycles. The summed E-state index contributed by atoms with van der Waals surface area (Å²) in [5.41, 5.74) is 0. The highest BCUT2D eigenvalue weighted by atomic mass is 35.5. The average Bonchev–Trinajstić information content (AvgIpc) is 2.30. The molecule has 1 N–H and O–H groups in total. The first-order valence-electron chi connectivity index (χ1n) is 6.41. The van der Waals surface area contributed by atoms with Crippen LogP contribution in [-0.2, 0) is 0 Å². The summed E-state index contributed by atoms with van der Waals surface area (Å²) in [5, 5.41) is 4.60. The summed E-state index contributed by atoms with van der Waals surface area (Å²) < 4.78 is 5.61. The number of ether oxygens (including phenoxy) is 1. The van der Waals surface area contributed by atoms with Gasteiger partial charge in [0.05, 0.1) is 11.6 Å². The predicted octanol–water partition coefficient (Wildman–Crippen LogP) is 4.54. The van der Waals surface area contributed by atoms with Crippen LogP contribution in [0.1, 0.15) is 33.1 Å². The minimum absolute atomic E-state index is 0.564. The number of hydrogen-bond donors (Lipinski definition) is 1. The van der Waals surface area contributed by atoms with Crippen molar-refractivity contribution in [2.24, 2.45) is 0 Å². The molecule has 0 saturated carbocycles. The molecule has 0 bridgehead atoms. The Hall–Kier alpha value is -0.440. The molecular weight excluding hydrogens is 269 g/mol. The van der Waals surface area contributed by atoms with Crippen molar-refractivity contribution in [3.8, 4) is 5.75 Å². The van der Waals surface area contributed by atoms with E-state index in [1.807, 2.05) is 6.07 Å². The molecule has 0 aliphatic rings. The molecule has 4 heteroatoms. The third kappa shape index (κ3) is 6.48. The van der Waals surface area contributed by atoms with E-state index < -0.39 is 0 Å². The fraction of sp³-hybridized carbons (Fsp3) is 0.571. The summed E-state index contributed by atoms with van der Waals surface area (Å²) in [5.74, 6) is 0.710. The topological polar surface area (TPSA) is 21.3 Å². The quantitative estimate of drug-likeness (QED) is 0.710. The zero-order chi connectivity index (χ0) is 13.4. The van der Waals surface area contributed by atoms with Crippen LogP contribution >= 0.6 is 23.2 Å². The van der Waals surface area contributed by atoms with Gasteiger partial charge in [-0.25, -0.2) is 0 Å². The number of unbranched alkanes of at least 4 members (excludes halogenated alkanes) is 2. The van der Waals surface area contributed by atoms with E-state index in [1.54, 1.807) is 12.1 Å².